The van der Waals surface area contributed by atoms with Crippen molar-refractivity contribution in [1.29, 1.82) is 0 Å². The van der Waals surface area contributed by atoms with Gasteiger partial charge in [-0.25, -0.2) is 0 Å². The lowest BCUT2D eigenvalue weighted by molar-refractivity contribution is -0.183. The van der Waals surface area contributed by atoms with Crippen LogP contribution < -0.4 is 0 Å². The van der Waals surface area contributed by atoms with Crippen LogP contribution in [0.5, 0.6) is 0 Å². The Balaban J connectivity index is 1.80. The molecule has 1 saturated carbocycles. The van der Waals surface area contributed by atoms with Gasteiger partial charge in [-0.15, -0.1) is 0 Å². The molecule has 1 saturated heterocycles. The average molecular weight is 239 g/mol. The Bertz CT molecular complexity index is 268. The monoisotopic (exact) mass is 239 g/mol. The molecule has 2 aliphatic rings. The van der Waals surface area contributed by atoms with E-state index < -0.39 is 0 Å². The highest BCUT2D eigenvalue weighted by molar-refractivity contribution is 4.96. The fraction of sp³-hybridized carbons (Fsp3) is 0.857. The minimum absolute atomic E-state index is 0.214. The van der Waals surface area contributed by atoms with Crippen LogP contribution in [0.2, 0.25) is 0 Å². The lowest BCUT2D eigenvalue weighted by atomic mass is 9.89. The first-order valence-electron chi connectivity index (χ1n) is 6.73. The largest absolute Gasteiger partial charge is 0.348 e. The zero-order chi connectivity index (χ0) is 12.3. The molecule has 1 heterocycles. The number of ether oxygens (including phenoxy) is 2. The van der Waals surface area contributed by atoms with Crippen LogP contribution >= 0.6 is 0 Å². The molecule has 0 aromatic heterocycles. The zero-order valence-corrected chi connectivity index (χ0v) is 11.4. The van der Waals surface area contributed by atoms with Crippen molar-refractivity contribution in [3.05, 3.63) is 11.6 Å². The van der Waals surface area contributed by atoms with Crippen LogP contribution in [0.15, 0.2) is 11.6 Å². The zero-order valence-electron chi connectivity index (χ0n) is 11.4. The SMILES string of the molecule is CC(C)=CCN(C)C1CCC2(CC1)OCCO2. The quantitative estimate of drug-likeness (QED) is 0.707. The van der Waals surface area contributed by atoms with Crippen molar-refractivity contribution in [1.82, 2.24) is 4.90 Å². The van der Waals surface area contributed by atoms with Gasteiger partial charge in [0.15, 0.2) is 5.79 Å². The summed E-state index contributed by atoms with van der Waals surface area (Å²) in [6, 6.07) is 0.684. The molecule has 3 nitrogen and oxygen atoms in total. The molecule has 17 heavy (non-hydrogen) atoms. The summed E-state index contributed by atoms with van der Waals surface area (Å²) >= 11 is 0. The maximum atomic E-state index is 5.75. The molecule has 98 valence electrons. The molecule has 1 aliphatic heterocycles. The molecule has 1 aliphatic carbocycles. The maximum absolute atomic E-state index is 5.75. The third-order valence-corrected chi connectivity index (χ3v) is 3.94. The topological polar surface area (TPSA) is 21.7 Å². The van der Waals surface area contributed by atoms with Crippen LogP contribution in [0.3, 0.4) is 0 Å². The third-order valence-electron chi connectivity index (χ3n) is 3.94. The van der Waals surface area contributed by atoms with Gasteiger partial charge in [0.25, 0.3) is 0 Å². The second-order valence-corrected chi connectivity index (χ2v) is 5.56. The Labute approximate surface area is 105 Å². The van der Waals surface area contributed by atoms with E-state index in [1.807, 2.05) is 0 Å². The first-order chi connectivity index (χ1) is 8.11. The number of nitrogens with zero attached hydrogens (tertiary/aromatic N) is 1. The number of hydrogen-bond donors (Lipinski definition) is 0. The van der Waals surface area contributed by atoms with E-state index in [2.05, 4.69) is 31.9 Å². The van der Waals surface area contributed by atoms with E-state index in [1.54, 1.807) is 0 Å². The molecule has 0 aromatic rings. The van der Waals surface area contributed by atoms with Gasteiger partial charge in [-0.3, -0.25) is 4.90 Å². The first kappa shape index (κ1) is 13.1. The highest BCUT2D eigenvalue weighted by Gasteiger charge is 2.40. The van der Waals surface area contributed by atoms with Crippen LogP contribution in [-0.2, 0) is 9.47 Å². The van der Waals surface area contributed by atoms with Gasteiger partial charge in [0.1, 0.15) is 0 Å². The van der Waals surface area contributed by atoms with Gasteiger partial charge in [-0.1, -0.05) is 11.6 Å². The van der Waals surface area contributed by atoms with Crippen molar-refractivity contribution in [3.63, 3.8) is 0 Å². The van der Waals surface area contributed by atoms with Crippen molar-refractivity contribution in [2.24, 2.45) is 0 Å². The number of rotatable bonds is 3. The Kier molecular flexibility index (Phi) is 4.23. The van der Waals surface area contributed by atoms with E-state index in [1.165, 1.54) is 18.4 Å². The summed E-state index contributed by atoms with van der Waals surface area (Å²) in [6.45, 7) is 6.92. The van der Waals surface area contributed by atoms with Gasteiger partial charge in [-0.2, -0.15) is 0 Å². The summed E-state index contributed by atoms with van der Waals surface area (Å²) < 4.78 is 11.5. The van der Waals surface area contributed by atoms with Gasteiger partial charge < -0.3 is 9.47 Å². The minimum Gasteiger partial charge on any atom is -0.348 e. The fourth-order valence-electron chi connectivity index (χ4n) is 2.74. The normalized spacial score (nSPS) is 24.5. The lowest BCUT2D eigenvalue weighted by Crippen LogP contribution is -2.42. The molecule has 2 rings (SSSR count). The van der Waals surface area contributed by atoms with Gasteiger partial charge in [0, 0.05) is 25.4 Å². The predicted molar refractivity (Wildman–Crippen MR) is 69.0 cm³/mol. The number of likely N-dealkylation sites (N-methyl/N-ethyl adjacent to an activating group) is 1. The van der Waals surface area contributed by atoms with Gasteiger partial charge in [-0.05, 0) is 33.7 Å². The fourth-order valence-corrected chi connectivity index (χ4v) is 2.74. The van der Waals surface area contributed by atoms with Crippen LogP contribution in [0.25, 0.3) is 0 Å². The molecular weight excluding hydrogens is 214 g/mol. The van der Waals surface area contributed by atoms with Gasteiger partial charge >= 0.3 is 0 Å². The second kappa shape index (κ2) is 5.51. The number of allylic oxidation sites excluding steroid dienone is 1. The predicted octanol–water partition coefficient (Wildman–Crippen LogP) is 2.57. The molecule has 0 bridgehead atoms. The van der Waals surface area contributed by atoms with E-state index in [9.17, 15) is 0 Å². The van der Waals surface area contributed by atoms with E-state index in [0.29, 0.717) is 6.04 Å². The van der Waals surface area contributed by atoms with Gasteiger partial charge in [0.05, 0.1) is 13.2 Å². The van der Waals surface area contributed by atoms with Crippen LogP contribution in [0.4, 0.5) is 0 Å². The molecule has 2 fully saturated rings. The van der Waals surface area contributed by atoms with Crippen molar-refractivity contribution in [3.8, 4) is 0 Å². The van der Waals surface area contributed by atoms with Gasteiger partial charge in [0.2, 0.25) is 0 Å². The number of hydrogen-bond acceptors (Lipinski definition) is 3. The highest BCUT2D eigenvalue weighted by atomic mass is 16.7. The minimum atomic E-state index is -0.214. The summed E-state index contributed by atoms with van der Waals surface area (Å²) in [7, 11) is 2.22. The highest BCUT2D eigenvalue weighted by Crippen LogP contribution is 2.36. The van der Waals surface area contributed by atoms with E-state index in [0.717, 1.165) is 32.6 Å². The standard InChI is InChI=1S/C14H25NO2/c1-12(2)6-9-15(3)13-4-7-14(8-5-13)16-10-11-17-14/h6,13H,4-5,7-11H2,1-3H3. The van der Waals surface area contributed by atoms with Crippen molar-refractivity contribution in [2.45, 2.75) is 51.4 Å². The molecular formula is C14H25NO2. The first-order valence-corrected chi connectivity index (χ1v) is 6.73. The Morgan fingerprint density at radius 3 is 2.35 bits per heavy atom. The summed E-state index contributed by atoms with van der Waals surface area (Å²) in [5, 5.41) is 0. The molecule has 0 N–H and O–H groups in total. The third kappa shape index (κ3) is 3.30. The van der Waals surface area contributed by atoms with E-state index in [-0.39, 0.29) is 5.79 Å². The van der Waals surface area contributed by atoms with Crippen LogP contribution in [0.1, 0.15) is 39.5 Å². The molecule has 0 amide bonds. The smallest absolute Gasteiger partial charge is 0.168 e. The average Bonchev–Trinajstić information content (AvgIpc) is 2.75. The van der Waals surface area contributed by atoms with Crippen LogP contribution in [0, 0.1) is 0 Å². The summed E-state index contributed by atoms with van der Waals surface area (Å²) in [5.41, 5.74) is 1.39. The molecule has 0 atom stereocenters. The van der Waals surface area contributed by atoms with Crippen molar-refractivity contribution >= 4 is 0 Å². The van der Waals surface area contributed by atoms with Crippen LogP contribution in [-0.4, -0.2) is 43.5 Å². The molecule has 1 spiro atoms. The molecule has 0 unspecified atom stereocenters. The van der Waals surface area contributed by atoms with Crippen molar-refractivity contribution < 1.29 is 9.47 Å². The Morgan fingerprint density at radius 1 is 1.24 bits per heavy atom. The summed E-state index contributed by atoms with van der Waals surface area (Å²) in [6.07, 6.45) is 6.78. The second-order valence-electron chi connectivity index (χ2n) is 5.56. The Hall–Kier alpha value is -0.380. The molecule has 0 radical (unpaired) electrons. The lowest BCUT2D eigenvalue weighted by Gasteiger charge is -2.38. The maximum Gasteiger partial charge on any atom is 0.168 e. The van der Waals surface area contributed by atoms with E-state index in [4.69, 9.17) is 9.47 Å². The van der Waals surface area contributed by atoms with E-state index >= 15 is 0 Å². The van der Waals surface area contributed by atoms with Crippen molar-refractivity contribution in [2.75, 3.05) is 26.8 Å². The Morgan fingerprint density at radius 2 is 1.82 bits per heavy atom. The summed E-state index contributed by atoms with van der Waals surface area (Å²) in [4.78, 5) is 2.45. The molecule has 0 aromatic carbocycles. The summed E-state index contributed by atoms with van der Waals surface area (Å²) in [5.74, 6) is -0.214. The molecule has 3 heteroatoms.